The van der Waals surface area contributed by atoms with Crippen LogP contribution >= 0.6 is 31.9 Å². The molecule has 0 spiro atoms. The molecule has 1 aliphatic rings. The summed E-state index contributed by atoms with van der Waals surface area (Å²) in [4.78, 5) is 4.73. The van der Waals surface area contributed by atoms with Crippen LogP contribution in [0.3, 0.4) is 0 Å². The Labute approximate surface area is 144 Å². The number of amidine groups is 1. The van der Waals surface area contributed by atoms with Gasteiger partial charge in [0.15, 0.2) is 0 Å². The minimum absolute atomic E-state index is 0.183. The van der Waals surface area contributed by atoms with E-state index in [0.717, 1.165) is 28.2 Å². The van der Waals surface area contributed by atoms with Crippen molar-refractivity contribution >= 4 is 59.8 Å². The lowest BCUT2D eigenvalue weighted by atomic mass is 10.0. The van der Waals surface area contributed by atoms with E-state index >= 15 is 0 Å². The molecule has 4 rings (SSSR count). The summed E-state index contributed by atoms with van der Waals surface area (Å²) >= 11 is 6.72. The molecule has 0 unspecified atom stereocenters. The Morgan fingerprint density at radius 3 is 2.36 bits per heavy atom. The van der Waals surface area contributed by atoms with Gasteiger partial charge in [-0.1, -0.05) is 24.3 Å². The molecule has 0 fully saturated rings. The van der Waals surface area contributed by atoms with E-state index in [1.165, 1.54) is 5.39 Å². The highest BCUT2D eigenvalue weighted by molar-refractivity contribution is 9.11. The maximum Gasteiger partial charge on any atom is 0.143 e. The third-order valence-corrected chi connectivity index (χ3v) is 4.87. The second kappa shape index (κ2) is 5.11. The number of nitrogens with one attached hydrogen (secondary N) is 1. The van der Waals surface area contributed by atoms with E-state index in [9.17, 15) is 5.11 Å². The Kier molecular flexibility index (Phi) is 3.20. The zero-order chi connectivity index (χ0) is 15.3. The van der Waals surface area contributed by atoms with Crippen LogP contribution in [0.25, 0.3) is 10.8 Å². The number of nitrogens with zero attached hydrogens (tertiary/aromatic N) is 1. The van der Waals surface area contributed by atoms with Crippen LogP contribution in [0, 0.1) is 0 Å². The zero-order valence-electron chi connectivity index (χ0n) is 11.3. The molecule has 3 aromatic rings. The van der Waals surface area contributed by atoms with E-state index in [0.29, 0.717) is 8.95 Å². The number of halogens is 2. The van der Waals surface area contributed by atoms with Crippen molar-refractivity contribution in [2.24, 2.45) is 4.99 Å². The minimum atomic E-state index is 0.183. The van der Waals surface area contributed by atoms with Crippen LogP contribution in [-0.4, -0.2) is 10.9 Å². The van der Waals surface area contributed by atoms with Gasteiger partial charge in [0.25, 0.3) is 0 Å². The van der Waals surface area contributed by atoms with Crippen LogP contribution in [0.15, 0.2) is 62.5 Å². The molecule has 0 bridgehead atoms. The van der Waals surface area contributed by atoms with Gasteiger partial charge in [-0.25, -0.2) is 4.99 Å². The smallest absolute Gasteiger partial charge is 0.143 e. The minimum Gasteiger partial charge on any atom is -0.506 e. The van der Waals surface area contributed by atoms with Crippen molar-refractivity contribution in [2.75, 3.05) is 5.32 Å². The predicted octanol–water partition coefficient (Wildman–Crippen LogP) is 5.57. The molecular weight excluding hydrogens is 408 g/mol. The van der Waals surface area contributed by atoms with Gasteiger partial charge in [-0.3, -0.25) is 0 Å². The average molecular weight is 418 g/mol. The van der Waals surface area contributed by atoms with Crippen LogP contribution in [0.1, 0.15) is 5.56 Å². The van der Waals surface area contributed by atoms with Gasteiger partial charge < -0.3 is 10.4 Å². The molecule has 5 heteroatoms. The van der Waals surface area contributed by atoms with Gasteiger partial charge in [0.2, 0.25) is 0 Å². The largest absolute Gasteiger partial charge is 0.506 e. The summed E-state index contributed by atoms with van der Waals surface area (Å²) in [6.07, 6.45) is 0. The molecule has 0 aromatic heterocycles. The summed E-state index contributed by atoms with van der Waals surface area (Å²) in [5.74, 6) is 0.940. The molecule has 0 saturated carbocycles. The fourth-order valence-electron chi connectivity index (χ4n) is 2.63. The second-order valence-electron chi connectivity index (χ2n) is 5.05. The fourth-order valence-corrected chi connectivity index (χ4v) is 3.82. The maximum absolute atomic E-state index is 9.86. The number of rotatable bonds is 1. The van der Waals surface area contributed by atoms with E-state index in [-0.39, 0.29) is 5.75 Å². The molecular formula is C17H10Br2N2O. The number of aromatic hydroxyl groups is 1. The number of anilines is 1. The highest BCUT2D eigenvalue weighted by atomic mass is 79.9. The first-order chi connectivity index (χ1) is 10.6. The SMILES string of the molecule is Oc1c(Br)cc(C2=Nc3cccc4cccc(c34)N2)cc1Br. The molecule has 0 aliphatic carbocycles. The summed E-state index contributed by atoms with van der Waals surface area (Å²) in [6.45, 7) is 0. The number of hydrogen-bond donors (Lipinski definition) is 2. The van der Waals surface area contributed by atoms with Gasteiger partial charge in [-0.05, 0) is 61.5 Å². The van der Waals surface area contributed by atoms with Crippen molar-refractivity contribution < 1.29 is 5.11 Å². The lowest BCUT2D eigenvalue weighted by molar-refractivity contribution is 0.468. The third kappa shape index (κ3) is 2.12. The third-order valence-electron chi connectivity index (χ3n) is 3.66. The first-order valence-corrected chi connectivity index (χ1v) is 8.28. The Bertz CT molecular complexity index is 922. The molecule has 2 N–H and O–H groups in total. The molecule has 0 amide bonds. The highest BCUT2D eigenvalue weighted by Gasteiger charge is 2.17. The van der Waals surface area contributed by atoms with Crippen molar-refractivity contribution in [3.05, 3.63) is 63.0 Å². The fraction of sp³-hybridized carbons (Fsp3) is 0. The Morgan fingerprint density at radius 2 is 1.64 bits per heavy atom. The van der Waals surface area contributed by atoms with Crippen molar-refractivity contribution in [3.8, 4) is 5.75 Å². The van der Waals surface area contributed by atoms with Crippen LogP contribution in [-0.2, 0) is 0 Å². The van der Waals surface area contributed by atoms with E-state index in [1.54, 1.807) is 0 Å². The Balaban J connectivity index is 1.92. The molecule has 0 atom stereocenters. The van der Waals surface area contributed by atoms with E-state index < -0.39 is 0 Å². The quantitative estimate of drug-likeness (QED) is 0.543. The normalized spacial score (nSPS) is 12.9. The van der Waals surface area contributed by atoms with Gasteiger partial charge in [0.1, 0.15) is 11.6 Å². The number of aliphatic imine (C=N–C) groups is 1. The first kappa shape index (κ1) is 13.8. The van der Waals surface area contributed by atoms with Gasteiger partial charge >= 0.3 is 0 Å². The summed E-state index contributed by atoms with van der Waals surface area (Å²) in [6, 6.07) is 16.0. The Hall–Kier alpha value is -1.85. The molecule has 108 valence electrons. The topological polar surface area (TPSA) is 44.6 Å². The first-order valence-electron chi connectivity index (χ1n) is 6.69. The number of phenols is 1. The molecule has 22 heavy (non-hydrogen) atoms. The van der Waals surface area contributed by atoms with Crippen molar-refractivity contribution in [3.63, 3.8) is 0 Å². The van der Waals surface area contributed by atoms with Crippen LogP contribution in [0.2, 0.25) is 0 Å². The Morgan fingerprint density at radius 1 is 0.955 bits per heavy atom. The molecule has 3 aromatic carbocycles. The molecule has 1 aliphatic heterocycles. The van der Waals surface area contributed by atoms with Gasteiger partial charge in [0, 0.05) is 16.6 Å². The molecule has 3 nitrogen and oxygen atoms in total. The molecule has 0 radical (unpaired) electrons. The van der Waals surface area contributed by atoms with Crippen LogP contribution in [0.4, 0.5) is 11.4 Å². The lowest BCUT2D eigenvalue weighted by Gasteiger charge is -2.19. The number of benzene rings is 3. The molecule has 0 saturated heterocycles. The summed E-state index contributed by atoms with van der Waals surface area (Å²) in [7, 11) is 0. The van der Waals surface area contributed by atoms with E-state index in [4.69, 9.17) is 4.99 Å². The van der Waals surface area contributed by atoms with Crippen molar-refractivity contribution in [1.29, 1.82) is 0 Å². The standard InChI is InChI=1S/C17H10Br2N2O/c18-11-7-10(8-12(19)16(11)22)17-20-13-5-1-3-9-4-2-6-14(21-17)15(9)13/h1-8,22H,(H,20,21). The van der Waals surface area contributed by atoms with E-state index in [1.807, 2.05) is 36.4 Å². The average Bonchev–Trinajstić information content (AvgIpc) is 2.52. The maximum atomic E-state index is 9.86. The van der Waals surface area contributed by atoms with Gasteiger partial charge in [-0.2, -0.15) is 0 Å². The van der Waals surface area contributed by atoms with Gasteiger partial charge in [0.05, 0.1) is 14.6 Å². The molecule has 1 heterocycles. The zero-order valence-corrected chi connectivity index (χ0v) is 14.4. The summed E-state index contributed by atoms with van der Waals surface area (Å²) in [5.41, 5.74) is 2.88. The summed E-state index contributed by atoms with van der Waals surface area (Å²) in [5, 5.41) is 15.5. The predicted molar refractivity (Wildman–Crippen MR) is 97.3 cm³/mol. The van der Waals surface area contributed by atoms with Crippen LogP contribution in [0.5, 0.6) is 5.75 Å². The lowest BCUT2D eigenvalue weighted by Crippen LogP contribution is -2.16. The van der Waals surface area contributed by atoms with Crippen molar-refractivity contribution in [1.82, 2.24) is 0 Å². The van der Waals surface area contributed by atoms with Gasteiger partial charge in [-0.15, -0.1) is 0 Å². The summed E-state index contributed by atoms with van der Waals surface area (Å²) < 4.78 is 1.25. The monoisotopic (exact) mass is 416 g/mol. The van der Waals surface area contributed by atoms with Crippen LogP contribution < -0.4 is 5.32 Å². The second-order valence-corrected chi connectivity index (χ2v) is 6.76. The van der Waals surface area contributed by atoms with E-state index in [2.05, 4.69) is 49.3 Å². The number of phenolic OH excluding ortho intramolecular Hbond substituents is 1. The number of hydrogen-bond acceptors (Lipinski definition) is 3. The van der Waals surface area contributed by atoms with Crippen molar-refractivity contribution in [2.45, 2.75) is 0 Å². The highest BCUT2D eigenvalue weighted by Crippen LogP contribution is 2.38.